The van der Waals surface area contributed by atoms with Crippen LogP contribution in [0.1, 0.15) is 0 Å². The lowest BCUT2D eigenvalue weighted by molar-refractivity contribution is 0.628. The van der Waals surface area contributed by atoms with Gasteiger partial charge in [0.05, 0.1) is 0 Å². The van der Waals surface area contributed by atoms with Gasteiger partial charge in [0.15, 0.2) is 0 Å². The molecule has 0 bridgehead atoms. The molecular weight excluding hydrogens is 121 g/mol. The van der Waals surface area contributed by atoms with Crippen molar-refractivity contribution < 1.29 is 4.39 Å². The summed E-state index contributed by atoms with van der Waals surface area (Å²) in [6, 6.07) is 5.03. The van der Waals surface area contributed by atoms with E-state index < -0.39 is 0 Å². The molecule has 0 N–H and O–H groups in total. The Kier molecular flexibility index (Phi) is 1.53. The van der Waals surface area contributed by atoms with Gasteiger partial charge in [-0.2, -0.15) is 0 Å². The molecule has 1 rings (SSSR count). The van der Waals surface area contributed by atoms with Crippen molar-refractivity contribution in [2.75, 3.05) is 0 Å². The predicted octanol–water partition coefficient (Wildman–Crippen LogP) is 2.22. The van der Waals surface area contributed by atoms with Crippen LogP contribution in [0.25, 0.3) is 0 Å². The minimum absolute atomic E-state index is 0.247. The van der Waals surface area contributed by atoms with Crippen molar-refractivity contribution >= 4 is 5.69 Å². The molecular formula is C6H4FNO. The number of hydrogen-bond donors (Lipinski definition) is 0. The molecule has 0 amide bonds. The van der Waals surface area contributed by atoms with E-state index in [0.717, 1.165) is 0 Å². The summed E-state index contributed by atoms with van der Waals surface area (Å²) in [7, 11) is 0. The largest absolute Gasteiger partial charge is 0.207 e. The van der Waals surface area contributed by atoms with Crippen LogP contribution in [0.15, 0.2) is 29.4 Å². The van der Waals surface area contributed by atoms with Gasteiger partial charge in [0, 0.05) is 0 Å². The van der Waals surface area contributed by atoms with Gasteiger partial charge in [0.25, 0.3) is 0 Å². The molecule has 0 aliphatic heterocycles. The van der Waals surface area contributed by atoms with E-state index in [1.165, 1.54) is 24.3 Å². The summed E-state index contributed by atoms with van der Waals surface area (Å²) in [6.07, 6.45) is 0. The van der Waals surface area contributed by atoms with Crippen molar-refractivity contribution in [3.63, 3.8) is 0 Å². The van der Waals surface area contributed by atoms with Crippen LogP contribution in [0.4, 0.5) is 10.1 Å². The van der Waals surface area contributed by atoms with E-state index in [-0.39, 0.29) is 11.5 Å². The number of rotatable bonds is 1. The van der Waals surface area contributed by atoms with Gasteiger partial charge in [-0.15, -0.1) is 4.91 Å². The third-order valence-electron chi connectivity index (χ3n) is 0.932. The van der Waals surface area contributed by atoms with Crippen LogP contribution in [0, 0.1) is 10.7 Å². The monoisotopic (exact) mass is 125 g/mol. The van der Waals surface area contributed by atoms with Crippen LogP contribution < -0.4 is 0 Å². The number of halogens is 1. The topological polar surface area (TPSA) is 29.4 Å². The van der Waals surface area contributed by atoms with Gasteiger partial charge in [0.2, 0.25) is 0 Å². The fourth-order valence-corrected chi connectivity index (χ4v) is 0.502. The van der Waals surface area contributed by atoms with Crippen LogP contribution in [-0.2, 0) is 0 Å². The second-order valence-electron chi connectivity index (χ2n) is 1.57. The van der Waals surface area contributed by atoms with Crippen LogP contribution in [0.2, 0.25) is 0 Å². The SMILES string of the molecule is O=Nc1ccc(F)cc1. The zero-order valence-corrected chi connectivity index (χ0v) is 4.54. The van der Waals surface area contributed by atoms with Crippen LogP contribution in [0.3, 0.4) is 0 Å². The second kappa shape index (κ2) is 2.35. The Morgan fingerprint density at radius 2 is 1.78 bits per heavy atom. The van der Waals surface area contributed by atoms with E-state index in [1.807, 2.05) is 0 Å². The number of nitrogens with zero attached hydrogens (tertiary/aromatic N) is 1. The summed E-state index contributed by atoms with van der Waals surface area (Å²) < 4.78 is 12.1. The van der Waals surface area contributed by atoms with Gasteiger partial charge in [-0.3, -0.25) is 0 Å². The molecule has 0 aromatic heterocycles. The van der Waals surface area contributed by atoms with Crippen molar-refractivity contribution in [2.45, 2.75) is 0 Å². The standard InChI is InChI=1S/C6H4FNO/c7-5-1-3-6(8-9)4-2-5/h1-4H. The Hall–Kier alpha value is -1.25. The molecule has 0 spiro atoms. The minimum Gasteiger partial charge on any atom is -0.207 e. The normalized spacial score (nSPS) is 9.00. The first-order valence-electron chi connectivity index (χ1n) is 2.42. The molecule has 0 radical (unpaired) electrons. The van der Waals surface area contributed by atoms with Gasteiger partial charge >= 0.3 is 0 Å². The summed E-state index contributed by atoms with van der Waals surface area (Å²) in [5.74, 6) is -0.359. The lowest BCUT2D eigenvalue weighted by atomic mass is 10.3. The first-order chi connectivity index (χ1) is 4.33. The van der Waals surface area contributed by atoms with Gasteiger partial charge < -0.3 is 0 Å². The van der Waals surface area contributed by atoms with E-state index in [1.54, 1.807) is 0 Å². The maximum atomic E-state index is 12.1. The lowest BCUT2D eigenvalue weighted by Crippen LogP contribution is -1.67. The van der Waals surface area contributed by atoms with Gasteiger partial charge in [0.1, 0.15) is 11.5 Å². The average molecular weight is 125 g/mol. The van der Waals surface area contributed by atoms with Gasteiger partial charge in [-0.05, 0) is 29.4 Å². The maximum absolute atomic E-state index is 12.1. The summed E-state index contributed by atoms with van der Waals surface area (Å²) in [5, 5.41) is 2.60. The highest BCUT2D eigenvalue weighted by atomic mass is 19.1. The number of hydrogen-bond acceptors (Lipinski definition) is 2. The van der Waals surface area contributed by atoms with Crippen LogP contribution in [-0.4, -0.2) is 0 Å². The maximum Gasteiger partial charge on any atom is 0.123 e. The molecule has 0 fully saturated rings. The third kappa shape index (κ3) is 1.32. The summed E-state index contributed by atoms with van der Waals surface area (Å²) in [4.78, 5) is 9.75. The van der Waals surface area contributed by atoms with Gasteiger partial charge in [-0.25, -0.2) is 4.39 Å². The Labute approximate surface area is 51.3 Å². The molecule has 0 saturated carbocycles. The molecule has 0 saturated heterocycles. The number of nitroso groups, excluding NO2 is 1. The first kappa shape index (κ1) is 5.88. The molecule has 0 atom stereocenters. The molecule has 2 nitrogen and oxygen atoms in total. The molecule has 3 heteroatoms. The highest BCUT2D eigenvalue weighted by Crippen LogP contribution is 2.10. The molecule has 0 aliphatic carbocycles. The van der Waals surface area contributed by atoms with E-state index in [4.69, 9.17) is 0 Å². The van der Waals surface area contributed by atoms with E-state index >= 15 is 0 Å². The summed E-state index contributed by atoms with van der Waals surface area (Å²) in [6.45, 7) is 0. The van der Waals surface area contributed by atoms with E-state index in [2.05, 4.69) is 5.18 Å². The van der Waals surface area contributed by atoms with E-state index in [0.29, 0.717) is 0 Å². The van der Waals surface area contributed by atoms with Crippen LogP contribution >= 0.6 is 0 Å². The fraction of sp³-hybridized carbons (Fsp3) is 0. The van der Waals surface area contributed by atoms with Crippen molar-refractivity contribution in [2.24, 2.45) is 5.18 Å². The average Bonchev–Trinajstić information content (AvgIpc) is 1.90. The minimum atomic E-state index is -0.359. The first-order valence-corrected chi connectivity index (χ1v) is 2.42. The van der Waals surface area contributed by atoms with Crippen molar-refractivity contribution in [3.05, 3.63) is 35.0 Å². The Bertz CT molecular complexity index is 207. The Morgan fingerprint density at radius 3 is 2.22 bits per heavy atom. The lowest BCUT2D eigenvalue weighted by Gasteiger charge is -1.85. The number of benzene rings is 1. The highest BCUT2D eigenvalue weighted by Gasteiger charge is 1.89. The summed E-state index contributed by atoms with van der Waals surface area (Å²) >= 11 is 0. The third-order valence-corrected chi connectivity index (χ3v) is 0.932. The molecule has 1 aromatic carbocycles. The molecule has 0 heterocycles. The highest BCUT2D eigenvalue weighted by molar-refractivity contribution is 5.35. The molecule has 46 valence electrons. The van der Waals surface area contributed by atoms with Crippen molar-refractivity contribution in [1.29, 1.82) is 0 Å². The molecule has 9 heavy (non-hydrogen) atoms. The molecule has 0 aliphatic rings. The molecule has 0 unspecified atom stereocenters. The van der Waals surface area contributed by atoms with Gasteiger partial charge in [-0.1, -0.05) is 0 Å². The fourth-order valence-electron chi connectivity index (χ4n) is 0.502. The predicted molar refractivity (Wildman–Crippen MR) is 31.9 cm³/mol. The van der Waals surface area contributed by atoms with E-state index in [9.17, 15) is 9.30 Å². The van der Waals surface area contributed by atoms with Crippen LogP contribution in [0.5, 0.6) is 0 Å². The zero-order valence-electron chi connectivity index (χ0n) is 4.54. The Balaban J connectivity index is 3.01. The summed E-state index contributed by atoms with van der Waals surface area (Å²) in [5.41, 5.74) is 0.247. The Morgan fingerprint density at radius 1 is 1.22 bits per heavy atom. The smallest absolute Gasteiger partial charge is 0.123 e. The second-order valence-corrected chi connectivity index (χ2v) is 1.57. The van der Waals surface area contributed by atoms with Crippen molar-refractivity contribution in [1.82, 2.24) is 0 Å². The quantitative estimate of drug-likeness (QED) is 0.529. The molecule has 1 aromatic rings. The zero-order chi connectivity index (χ0) is 6.69. The van der Waals surface area contributed by atoms with Crippen molar-refractivity contribution in [3.8, 4) is 0 Å².